The van der Waals surface area contributed by atoms with Gasteiger partial charge in [0.2, 0.25) is 0 Å². The zero-order chi connectivity index (χ0) is 19.9. The summed E-state index contributed by atoms with van der Waals surface area (Å²) in [5.74, 6) is 1.03. The quantitative estimate of drug-likeness (QED) is 0.637. The molecule has 0 aliphatic rings. The second-order valence-corrected chi connectivity index (χ2v) is 6.33. The van der Waals surface area contributed by atoms with Crippen LogP contribution in [0.1, 0.15) is 21.5 Å². The Balaban J connectivity index is 1.59. The van der Waals surface area contributed by atoms with Crippen LogP contribution in [0, 0.1) is 11.3 Å². The molecule has 0 radical (unpaired) electrons. The number of carbonyl (C=O) groups excluding carboxylic acids is 1. The molecule has 1 amide bonds. The van der Waals surface area contributed by atoms with Gasteiger partial charge in [-0.3, -0.25) is 4.79 Å². The highest BCUT2D eigenvalue weighted by molar-refractivity contribution is 6.32. The van der Waals surface area contributed by atoms with E-state index in [1.807, 2.05) is 18.2 Å². The standard InChI is InChI=1S/C22H17ClN2O3/c1-27-19-9-7-18(8-10-19)25-22(26)17-5-2-15(3-6-17)14-28-21-11-4-16(13-24)12-20(21)23/h2-12H,14H2,1H3,(H,25,26). The Morgan fingerprint density at radius 3 is 2.39 bits per heavy atom. The van der Waals surface area contributed by atoms with Crippen LogP contribution >= 0.6 is 11.6 Å². The predicted molar refractivity (Wildman–Crippen MR) is 108 cm³/mol. The molecule has 28 heavy (non-hydrogen) atoms. The molecule has 0 aromatic heterocycles. The number of carbonyl (C=O) groups is 1. The first-order chi connectivity index (χ1) is 13.6. The third kappa shape index (κ3) is 4.81. The molecule has 0 spiro atoms. The fourth-order valence-electron chi connectivity index (χ4n) is 2.48. The van der Waals surface area contributed by atoms with Crippen LogP contribution in [-0.2, 0) is 6.61 Å². The minimum atomic E-state index is -0.201. The van der Waals surface area contributed by atoms with Gasteiger partial charge >= 0.3 is 0 Å². The van der Waals surface area contributed by atoms with Gasteiger partial charge in [0.05, 0.1) is 23.8 Å². The normalized spacial score (nSPS) is 10.0. The minimum absolute atomic E-state index is 0.201. The first-order valence-corrected chi connectivity index (χ1v) is 8.83. The van der Waals surface area contributed by atoms with Crippen molar-refractivity contribution in [2.75, 3.05) is 12.4 Å². The highest BCUT2D eigenvalue weighted by Gasteiger charge is 2.08. The Bertz CT molecular complexity index is 1010. The van der Waals surface area contributed by atoms with E-state index in [2.05, 4.69) is 5.32 Å². The van der Waals surface area contributed by atoms with Crippen LogP contribution in [0.25, 0.3) is 0 Å². The molecule has 140 valence electrons. The summed E-state index contributed by atoms with van der Waals surface area (Å²) in [4.78, 5) is 12.3. The molecule has 0 aliphatic heterocycles. The van der Waals surface area contributed by atoms with E-state index in [0.29, 0.717) is 34.2 Å². The number of nitriles is 1. The van der Waals surface area contributed by atoms with E-state index in [1.165, 1.54) is 0 Å². The molecular weight excluding hydrogens is 376 g/mol. The number of anilines is 1. The maximum atomic E-state index is 12.3. The van der Waals surface area contributed by atoms with Gasteiger partial charge in [0, 0.05) is 11.3 Å². The van der Waals surface area contributed by atoms with Crippen LogP contribution in [-0.4, -0.2) is 13.0 Å². The topological polar surface area (TPSA) is 71.3 Å². The Hall–Kier alpha value is -3.49. The van der Waals surface area contributed by atoms with Gasteiger partial charge in [0.25, 0.3) is 5.91 Å². The molecule has 0 atom stereocenters. The molecule has 0 heterocycles. The molecule has 3 aromatic rings. The number of nitrogens with one attached hydrogen (secondary N) is 1. The third-order valence-electron chi connectivity index (χ3n) is 4.02. The molecule has 3 rings (SSSR count). The van der Waals surface area contributed by atoms with E-state index in [4.69, 9.17) is 26.3 Å². The third-order valence-corrected chi connectivity index (χ3v) is 4.31. The largest absolute Gasteiger partial charge is 0.497 e. The molecule has 3 aromatic carbocycles. The Labute approximate surface area is 168 Å². The molecule has 0 saturated carbocycles. The molecule has 0 saturated heterocycles. The fraction of sp³-hybridized carbons (Fsp3) is 0.0909. The van der Waals surface area contributed by atoms with E-state index in [-0.39, 0.29) is 5.91 Å². The summed E-state index contributed by atoms with van der Waals surface area (Å²) in [6, 6.07) is 21.1. The molecule has 0 fully saturated rings. The SMILES string of the molecule is COc1ccc(NC(=O)c2ccc(COc3ccc(C#N)cc3Cl)cc2)cc1. The monoisotopic (exact) mass is 392 g/mol. The number of hydrogen-bond acceptors (Lipinski definition) is 4. The van der Waals surface area contributed by atoms with Gasteiger partial charge in [-0.15, -0.1) is 0 Å². The summed E-state index contributed by atoms with van der Waals surface area (Å²) < 4.78 is 10.8. The Kier molecular flexibility index (Phi) is 6.15. The number of ether oxygens (including phenoxy) is 2. The van der Waals surface area contributed by atoms with Crippen molar-refractivity contribution in [3.05, 3.63) is 88.4 Å². The number of halogens is 1. The van der Waals surface area contributed by atoms with Crippen molar-refractivity contribution in [2.24, 2.45) is 0 Å². The number of rotatable bonds is 6. The lowest BCUT2D eigenvalue weighted by molar-refractivity contribution is 0.102. The van der Waals surface area contributed by atoms with Crippen LogP contribution in [0.5, 0.6) is 11.5 Å². The molecule has 6 heteroatoms. The van der Waals surface area contributed by atoms with Crippen LogP contribution in [0.15, 0.2) is 66.7 Å². The van der Waals surface area contributed by atoms with Crippen LogP contribution in [0.2, 0.25) is 5.02 Å². The van der Waals surface area contributed by atoms with Crippen LogP contribution < -0.4 is 14.8 Å². The second kappa shape index (κ2) is 8.94. The number of hydrogen-bond donors (Lipinski definition) is 1. The predicted octanol–water partition coefficient (Wildman–Crippen LogP) is 5.05. The van der Waals surface area contributed by atoms with E-state index in [1.54, 1.807) is 61.7 Å². The lowest BCUT2D eigenvalue weighted by Crippen LogP contribution is -2.11. The summed E-state index contributed by atoms with van der Waals surface area (Å²) in [6.07, 6.45) is 0. The fourth-order valence-corrected chi connectivity index (χ4v) is 2.71. The molecule has 5 nitrogen and oxygen atoms in total. The average molecular weight is 393 g/mol. The van der Waals surface area contributed by atoms with Gasteiger partial charge in [0.1, 0.15) is 18.1 Å². The van der Waals surface area contributed by atoms with Gasteiger partial charge in [-0.25, -0.2) is 0 Å². The van der Waals surface area contributed by atoms with Crippen molar-refractivity contribution in [1.29, 1.82) is 5.26 Å². The van der Waals surface area contributed by atoms with E-state index >= 15 is 0 Å². The lowest BCUT2D eigenvalue weighted by atomic mass is 10.1. The summed E-state index contributed by atoms with van der Waals surface area (Å²) in [7, 11) is 1.59. The van der Waals surface area contributed by atoms with Crippen molar-refractivity contribution >= 4 is 23.2 Å². The van der Waals surface area contributed by atoms with E-state index in [0.717, 1.165) is 11.3 Å². The van der Waals surface area contributed by atoms with Gasteiger partial charge in [-0.2, -0.15) is 5.26 Å². The van der Waals surface area contributed by atoms with Gasteiger partial charge < -0.3 is 14.8 Å². The number of methoxy groups -OCH3 is 1. The highest BCUT2D eigenvalue weighted by Crippen LogP contribution is 2.26. The van der Waals surface area contributed by atoms with Gasteiger partial charge in [0.15, 0.2) is 0 Å². The number of nitrogens with zero attached hydrogens (tertiary/aromatic N) is 1. The zero-order valence-electron chi connectivity index (χ0n) is 15.1. The van der Waals surface area contributed by atoms with Crippen molar-refractivity contribution < 1.29 is 14.3 Å². The van der Waals surface area contributed by atoms with Crippen molar-refractivity contribution in [3.63, 3.8) is 0 Å². The minimum Gasteiger partial charge on any atom is -0.497 e. The molecule has 1 N–H and O–H groups in total. The first kappa shape index (κ1) is 19.3. The highest BCUT2D eigenvalue weighted by atomic mass is 35.5. The smallest absolute Gasteiger partial charge is 0.255 e. The number of amides is 1. The van der Waals surface area contributed by atoms with Gasteiger partial charge in [-0.1, -0.05) is 23.7 Å². The lowest BCUT2D eigenvalue weighted by Gasteiger charge is -2.09. The van der Waals surface area contributed by atoms with Crippen molar-refractivity contribution in [3.8, 4) is 17.6 Å². The maximum absolute atomic E-state index is 12.3. The van der Waals surface area contributed by atoms with Gasteiger partial charge in [-0.05, 0) is 60.2 Å². The molecular formula is C22H17ClN2O3. The Morgan fingerprint density at radius 1 is 1.07 bits per heavy atom. The summed E-state index contributed by atoms with van der Waals surface area (Å²) in [5, 5.41) is 12.1. The first-order valence-electron chi connectivity index (χ1n) is 8.46. The molecule has 0 bridgehead atoms. The number of benzene rings is 3. The van der Waals surface area contributed by atoms with E-state index < -0.39 is 0 Å². The van der Waals surface area contributed by atoms with Crippen LogP contribution in [0.3, 0.4) is 0 Å². The Morgan fingerprint density at radius 2 is 1.79 bits per heavy atom. The summed E-state index contributed by atoms with van der Waals surface area (Å²) in [5.41, 5.74) is 2.59. The van der Waals surface area contributed by atoms with Crippen molar-refractivity contribution in [1.82, 2.24) is 0 Å². The van der Waals surface area contributed by atoms with E-state index in [9.17, 15) is 4.79 Å². The molecule has 0 unspecified atom stereocenters. The molecule has 0 aliphatic carbocycles. The summed E-state index contributed by atoms with van der Waals surface area (Å²) in [6.45, 7) is 0.298. The average Bonchev–Trinajstić information content (AvgIpc) is 2.73. The summed E-state index contributed by atoms with van der Waals surface area (Å²) >= 11 is 6.10. The zero-order valence-corrected chi connectivity index (χ0v) is 15.9. The van der Waals surface area contributed by atoms with Crippen LogP contribution in [0.4, 0.5) is 5.69 Å². The van der Waals surface area contributed by atoms with Crippen molar-refractivity contribution in [2.45, 2.75) is 6.61 Å². The second-order valence-electron chi connectivity index (χ2n) is 5.93. The maximum Gasteiger partial charge on any atom is 0.255 e.